The lowest BCUT2D eigenvalue weighted by Crippen LogP contribution is -2.39. The van der Waals surface area contributed by atoms with E-state index in [2.05, 4.69) is 18.8 Å². The third-order valence-corrected chi connectivity index (χ3v) is 4.55. The summed E-state index contributed by atoms with van der Waals surface area (Å²) in [7, 11) is 0. The van der Waals surface area contributed by atoms with Crippen LogP contribution in [-0.2, 0) is 0 Å². The summed E-state index contributed by atoms with van der Waals surface area (Å²) in [6.45, 7) is 2.78. The van der Waals surface area contributed by atoms with Crippen LogP contribution < -0.4 is 0 Å². The highest BCUT2D eigenvalue weighted by Gasteiger charge is 2.35. The lowest BCUT2D eigenvalue weighted by atomic mass is 10.0. The first-order chi connectivity index (χ1) is 9.69. The molecule has 1 aromatic heterocycles. The summed E-state index contributed by atoms with van der Waals surface area (Å²) in [5.74, 6) is 6.06. The van der Waals surface area contributed by atoms with E-state index in [0.717, 1.165) is 6.42 Å². The number of likely N-dealkylation sites (tertiary alicyclic amines) is 1. The lowest BCUT2D eigenvalue weighted by Gasteiger charge is -2.24. The van der Waals surface area contributed by atoms with Crippen LogP contribution in [0.1, 0.15) is 35.0 Å². The highest BCUT2D eigenvalue weighted by molar-refractivity contribution is 7.12. The van der Waals surface area contributed by atoms with Crippen LogP contribution in [0.5, 0.6) is 0 Å². The average molecular weight is 293 g/mol. The number of nitrogens with zero attached hydrogens (tertiary/aromatic N) is 1. The van der Waals surface area contributed by atoms with E-state index in [4.69, 9.17) is 5.11 Å². The van der Waals surface area contributed by atoms with Crippen LogP contribution in [0.3, 0.4) is 0 Å². The molecule has 2 atom stereocenters. The third kappa shape index (κ3) is 3.04. The van der Waals surface area contributed by atoms with Gasteiger partial charge in [0.25, 0.3) is 5.91 Å². The summed E-state index contributed by atoms with van der Waals surface area (Å²) in [5.41, 5.74) is 0.713. The van der Waals surface area contributed by atoms with Gasteiger partial charge in [0, 0.05) is 18.5 Å². The van der Waals surface area contributed by atoms with Gasteiger partial charge in [-0.15, -0.1) is 11.3 Å². The smallest absolute Gasteiger partial charge is 0.265 e. The Morgan fingerprint density at radius 2 is 2.35 bits per heavy atom. The Morgan fingerprint density at radius 1 is 1.55 bits per heavy atom. The summed E-state index contributed by atoms with van der Waals surface area (Å²) >= 11 is 1.38. The van der Waals surface area contributed by atoms with Crippen LogP contribution in [-0.4, -0.2) is 46.8 Å². The molecule has 4 nitrogen and oxygen atoms in total. The van der Waals surface area contributed by atoms with Crippen LogP contribution >= 0.6 is 11.3 Å². The highest BCUT2D eigenvalue weighted by Crippen LogP contribution is 2.27. The van der Waals surface area contributed by atoms with Gasteiger partial charge in [-0.3, -0.25) is 4.79 Å². The van der Waals surface area contributed by atoms with Gasteiger partial charge in [0.2, 0.25) is 0 Å². The van der Waals surface area contributed by atoms with Crippen LogP contribution in [0, 0.1) is 17.8 Å². The Labute approximate surface area is 123 Å². The maximum Gasteiger partial charge on any atom is 0.265 e. The second kappa shape index (κ2) is 6.89. The van der Waals surface area contributed by atoms with Crippen molar-refractivity contribution in [1.29, 1.82) is 0 Å². The first kappa shape index (κ1) is 15.0. The lowest BCUT2D eigenvalue weighted by molar-refractivity contribution is 0.0653. The topological polar surface area (TPSA) is 60.8 Å². The molecule has 20 heavy (non-hydrogen) atoms. The number of hydrogen-bond donors (Lipinski definition) is 2. The number of carbonyl (C=O) groups excluding carboxylic acids is 1. The van der Waals surface area contributed by atoms with Gasteiger partial charge in [0.15, 0.2) is 0 Å². The van der Waals surface area contributed by atoms with Crippen molar-refractivity contribution in [3.63, 3.8) is 0 Å². The second-order valence-corrected chi connectivity index (χ2v) is 5.87. The van der Waals surface area contributed by atoms with Crippen LogP contribution in [0.4, 0.5) is 0 Å². The van der Waals surface area contributed by atoms with Crippen molar-refractivity contribution >= 4 is 17.2 Å². The maximum absolute atomic E-state index is 12.6. The minimum absolute atomic E-state index is 0.00378. The minimum Gasteiger partial charge on any atom is -0.395 e. The van der Waals surface area contributed by atoms with E-state index in [-0.39, 0.29) is 25.2 Å². The zero-order valence-electron chi connectivity index (χ0n) is 11.5. The van der Waals surface area contributed by atoms with Crippen LogP contribution in [0.15, 0.2) is 11.4 Å². The zero-order valence-corrected chi connectivity index (χ0v) is 12.3. The quantitative estimate of drug-likeness (QED) is 0.827. The summed E-state index contributed by atoms with van der Waals surface area (Å²) < 4.78 is 0. The van der Waals surface area contributed by atoms with Gasteiger partial charge < -0.3 is 15.1 Å². The molecule has 1 fully saturated rings. The Kier molecular flexibility index (Phi) is 5.18. The second-order valence-electron chi connectivity index (χ2n) is 4.95. The SMILES string of the molecule is CC1CCN(C(=O)c2sccc2C#CCCO)C1CO. The van der Waals surface area contributed by atoms with E-state index in [0.29, 0.717) is 29.3 Å². The molecule has 1 saturated heterocycles. The molecule has 2 unspecified atom stereocenters. The van der Waals surface area contributed by atoms with Crippen molar-refractivity contribution in [2.24, 2.45) is 5.92 Å². The third-order valence-electron chi connectivity index (χ3n) is 3.65. The van der Waals surface area contributed by atoms with E-state index in [9.17, 15) is 9.90 Å². The first-order valence-corrected chi connectivity index (χ1v) is 7.66. The molecule has 0 bridgehead atoms. The number of amides is 1. The van der Waals surface area contributed by atoms with E-state index >= 15 is 0 Å². The predicted octanol–water partition coefficient (Wildman–Crippen LogP) is 1.32. The largest absolute Gasteiger partial charge is 0.395 e. The molecule has 5 heteroatoms. The first-order valence-electron chi connectivity index (χ1n) is 6.78. The molecule has 2 rings (SSSR count). The molecule has 1 aromatic rings. The van der Waals surface area contributed by atoms with Gasteiger partial charge in [-0.25, -0.2) is 0 Å². The van der Waals surface area contributed by atoms with Crippen molar-refractivity contribution in [3.05, 3.63) is 21.9 Å². The number of carbonyl (C=O) groups is 1. The van der Waals surface area contributed by atoms with Gasteiger partial charge in [0.1, 0.15) is 4.88 Å². The molecule has 1 aliphatic heterocycles. The van der Waals surface area contributed by atoms with Gasteiger partial charge in [-0.05, 0) is 23.8 Å². The molecule has 1 aliphatic rings. The van der Waals surface area contributed by atoms with E-state index in [1.54, 1.807) is 4.90 Å². The highest BCUT2D eigenvalue weighted by atomic mass is 32.1. The summed E-state index contributed by atoms with van der Waals surface area (Å²) in [5, 5.41) is 20.0. The van der Waals surface area contributed by atoms with Crippen molar-refractivity contribution < 1.29 is 15.0 Å². The molecular formula is C15H19NO3S. The Morgan fingerprint density at radius 3 is 3.05 bits per heavy atom. The normalized spacial score (nSPS) is 21.6. The standard InChI is InChI=1S/C15H19NO3S/c1-11-5-7-16(13(11)10-18)15(19)14-12(6-9-20-14)4-2-3-8-17/h6,9,11,13,17-18H,3,5,7-8,10H2,1H3. The van der Waals surface area contributed by atoms with Crippen molar-refractivity contribution in [2.45, 2.75) is 25.8 Å². The molecular weight excluding hydrogens is 274 g/mol. The Balaban J connectivity index is 2.18. The number of aliphatic hydroxyl groups is 2. The molecule has 0 aromatic carbocycles. The van der Waals surface area contributed by atoms with Gasteiger partial charge in [0.05, 0.1) is 19.3 Å². The molecule has 0 spiro atoms. The molecule has 0 aliphatic carbocycles. The monoisotopic (exact) mass is 293 g/mol. The number of rotatable bonds is 3. The van der Waals surface area contributed by atoms with Crippen LogP contribution in [0.2, 0.25) is 0 Å². The van der Waals surface area contributed by atoms with E-state index in [1.807, 2.05) is 11.4 Å². The summed E-state index contributed by atoms with van der Waals surface area (Å²) in [6.07, 6.45) is 1.33. The molecule has 2 N–H and O–H groups in total. The maximum atomic E-state index is 12.6. The molecule has 2 heterocycles. The minimum atomic E-state index is -0.0946. The van der Waals surface area contributed by atoms with Crippen molar-refractivity contribution in [3.8, 4) is 11.8 Å². The molecule has 1 amide bonds. The Bertz CT molecular complexity index is 529. The number of thiophene rings is 1. The predicted molar refractivity (Wildman–Crippen MR) is 78.6 cm³/mol. The Hall–Kier alpha value is -1.35. The summed E-state index contributed by atoms with van der Waals surface area (Å²) in [6, 6.07) is 1.73. The number of aliphatic hydroxyl groups excluding tert-OH is 2. The fourth-order valence-corrected chi connectivity index (χ4v) is 3.26. The molecule has 0 saturated carbocycles. The van der Waals surface area contributed by atoms with Crippen molar-refractivity contribution in [1.82, 2.24) is 4.90 Å². The van der Waals surface area contributed by atoms with Gasteiger partial charge >= 0.3 is 0 Å². The fraction of sp³-hybridized carbons (Fsp3) is 0.533. The molecule has 108 valence electrons. The van der Waals surface area contributed by atoms with Gasteiger partial charge in [-0.1, -0.05) is 18.8 Å². The van der Waals surface area contributed by atoms with Crippen molar-refractivity contribution in [2.75, 3.05) is 19.8 Å². The molecule has 0 radical (unpaired) electrons. The zero-order chi connectivity index (χ0) is 14.5. The number of hydrogen-bond acceptors (Lipinski definition) is 4. The van der Waals surface area contributed by atoms with Gasteiger partial charge in [-0.2, -0.15) is 0 Å². The van der Waals surface area contributed by atoms with Crippen LogP contribution in [0.25, 0.3) is 0 Å². The summed E-state index contributed by atoms with van der Waals surface area (Å²) in [4.78, 5) is 15.0. The average Bonchev–Trinajstić information content (AvgIpc) is 3.04. The fourth-order valence-electron chi connectivity index (χ4n) is 2.46. The van der Waals surface area contributed by atoms with E-state index in [1.165, 1.54) is 11.3 Å². The van der Waals surface area contributed by atoms with E-state index < -0.39 is 0 Å².